The van der Waals surface area contributed by atoms with Crippen LogP contribution >= 0.6 is 7.92 Å². The molecule has 0 aromatic carbocycles. The number of hydrogen-bond donors (Lipinski definition) is 0. The molecule has 0 aliphatic carbocycles. The molecular formula is C16H31O2P. The van der Waals surface area contributed by atoms with Gasteiger partial charge in [-0.25, -0.2) is 0 Å². The lowest BCUT2D eigenvalue weighted by Gasteiger charge is -2.56. The molecular weight excluding hydrogens is 255 g/mol. The predicted molar refractivity (Wildman–Crippen MR) is 83.3 cm³/mol. The summed E-state index contributed by atoms with van der Waals surface area (Å²) in [5, 5.41) is 0.809. The Bertz CT molecular complexity index is 317. The molecule has 19 heavy (non-hydrogen) atoms. The summed E-state index contributed by atoms with van der Waals surface area (Å²) < 4.78 is 12.1. The molecule has 0 aromatic rings. The van der Waals surface area contributed by atoms with Crippen LogP contribution in [0.1, 0.15) is 67.2 Å². The second-order valence-corrected chi connectivity index (χ2v) is 11.7. The van der Waals surface area contributed by atoms with Gasteiger partial charge in [0.25, 0.3) is 0 Å². The molecule has 2 rings (SSSR count). The van der Waals surface area contributed by atoms with E-state index >= 15 is 0 Å². The third-order valence-electron chi connectivity index (χ3n) is 4.60. The third kappa shape index (κ3) is 3.01. The molecule has 0 aromatic heterocycles. The standard InChI is InChI=1S/C16H31O2P/c1-7-8-15(6)12-16(17-9-10-18-16)11-13(2)19(15)14(3,4)5/h13H,7-12H2,1-6H3. The zero-order valence-corrected chi connectivity index (χ0v) is 14.5. The molecule has 3 unspecified atom stereocenters. The van der Waals surface area contributed by atoms with Gasteiger partial charge in [0.05, 0.1) is 13.2 Å². The van der Waals surface area contributed by atoms with Crippen molar-refractivity contribution in [3.8, 4) is 0 Å². The second-order valence-electron chi connectivity index (χ2n) is 7.63. The van der Waals surface area contributed by atoms with Crippen molar-refractivity contribution in [3.63, 3.8) is 0 Å². The Hall–Kier alpha value is 0.350. The fraction of sp³-hybridized carbons (Fsp3) is 1.00. The van der Waals surface area contributed by atoms with Crippen molar-refractivity contribution in [2.24, 2.45) is 0 Å². The van der Waals surface area contributed by atoms with Gasteiger partial charge in [0.1, 0.15) is 0 Å². The maximum absolute atomic E-state index is 6.04. The Labute approximate surface area is 120 Å². The van der Waals surface area contributed by atoms with E-state index in [1.807, 2.05) is 0 Å². The van der Waals surface area contributed by atoms with Crippen molar-refractivity contribution in [2.45, 2.75) is 89.0 Å². The molecule has 0 bridgehead atoms. The molecule has 0 radical (unpaired) electrons. The Morgan fingerprint density at radius 3 is 2.26 bits per heavy atom. The van der Waals surface area contributed by atoms with Crippen molar-refractivity contribution in [3.05, 3.63) is 0 Å². The maximum Gasteiger partial charge on any atom is 0.169 e. The SMILES string of the molecule is CCCC1(C)CC2(CC(C)P1C(C)(C)C)OCCO2. The lowest BCUT2D eigenvalue weighted by Crippen LogP contribution is -2.50. The van der Waals surface area contributed by atoms with Crippen molar-refractivity contribution >= 4 is 7.92 Å². The molecule has 1 spiro atoms. The summed E-state index contributed by atoms with van der Waals surface area (Å²) in [6.07, 6.45) is 4.75. The van der Waals surface area contributed by atoms with Gasteiger partial charge >= 0.3 is 0 Å². The first-order valence-electron chi connectivity index (χ1n) is 7.80. The van der Waals surface area contributed by atoms with Gasteiger partial charge in [-0.15, -0.1) is 0 Å². The Kier molecular flexibility index (Phi) is 4.37. The third-order valence-corrected chi connectivity index (χ3v) is 8.66. The fourth-order valence-corrected chi connectivity index (χ4v) is 10.1. The van der Waals surface area contributed by atoms with Crippen LogP contribution in [-0.2, 0) is 9.47 Å². The van der Waals surface area contributed by atoms with Crippen LogP contribution < -0.4 is 0 Å². The zero-order chi connectivity index (χ0) is 14.3. The zero-order valence-electron chi connectivity index (χ0n) is 13.6. The van der Waals surface area contributed by atoms with E-state index in [2.05, 4.69) is 41.5 Å². The molecule has 2 nitrogen and oxygen atoms in total. The normalized spacial score (nSPS) is 38.8. The molecule has 2 fully saturated rings. The summed E-state index contributed by atoms with van der Waals surface area (Å²) in [6, 6.07) is 0. The molecule has 2 saturated heterocycles. The maximum atomic E-state index is 6.04. The fourth-order valence-electron chi connectivity index (χ4n) is 4.75. The van der Waals surface area contributed by atoms with Gasteiger partial charge in [-0.3, -0.25) is 0 Å². The second kappa shape index (κ2) is 5.28. The largest absolute Gasteiger partial charge is 0.347 e. The quantitative estimate of drug-likeness (QED) is 0.682. The molecule has 2 aliphatic rings. The van der Waals surface area contributed by atoms with Gasteiger partial charge in [0.15, 0.2) is 5.79 Å². The Morgan fingerprint density at radius 2 is 1.79 bits per heavy atom. The van der Waals surface area contributed by atoms with E-state index in [4.69, 9.17) is 9.47 Å². The van der Waals surface area contributed by atoms with E-state index in [0.29, 0.717) is 10.3 Å². The van der Waals surface area contributed by atoms with Gasteiger partial charge in [-0.05, 0) is 22.4 Å². The minimum absolute atomic E-state index is 0.0275. The van der Waals surface area contributed by atoms with E-state index < -0.39 is 0 Å². The van der Waals surface area contributed by atoms with Gasteiger partial charge in [0.2, 0.25) is 0 Å². The topological polar surface area (TPSA) is 18.5 Å². The summed E-state index contributed by atoms with van der Waals surface area (Å²) >= 11 is 0. The molecule has 3 heteroatoms. The smallest absolute Gasteiger partial charge is 0.169 e. The van der Waals surface area contributed by atoms with Crippen molar-refractivity contribution in [1.29, 1.82) is 0 Å². The summed E-state index contributed by atoms with van der Waals surface area (Å²) in [7, 11) is -0.0275. The lowest BCUT2D eigenvalue weighted by atomic mass is 9.91. The summed E-state index contributed by atoms with van der Waals surface area (Å²) in [5.74, 6) is -0.257. The van der Waals surface area contributed by atoms with E-state index in [-0.39, 0.29) is 13.7 Å². The van der Waals surface area contributed by atoms with Crippen molar-refractivity contribution in [2.75, 3.05) is 13.2 Å². The monoisotopic (exact) mass is 286 g/mol. The molecule has 2 heterocycles. The van der Waals surface area contributed by atoms with Crippen LogP contribution in [-0.4, -0.2) is 35.0 Å². The van der Waals surface area contributed by atoms with Crippen LogP contribution in [0.4, 0.5) is 0 Å². The number of ether oxygens (including phenoxy) is 2. The minimum atomic E-state index is -0.257. The van der Waals surface area contributed by atoms with Gasteiger partial charge in [-0.1, -0.05) is 55.9 Å². The first-order valence-corrected chi connectivity index (χ1v) is 9.21. The lowest BCUT2D eigenvalue weighted by molar-refractivity contribution is -0.175. The number of rotatable bonds is 2. The van der Waals surface area contributed by atoms with E-state index in [9.17, 15) is 0 Å². The van der Waals surface area contributed by atoms with Crippen LogP contribution in [0.25, 0.3) is 0 Å². The van der Waals surface area contributed by atoms with Crippen LogP contribution in [0.3, 0.4) is 0 Å². The van der Waals surface area contributed by atoms with Gasteiger partial charge < -0.3 is 9.47 Å². The van der Waals surface area contributed by atoms with E-state index in [1.54, 1.807) is 0 Å². The number of hydrogen-bond acceptors (Lipinski definition) is 2. The van der Waals surface area contributed by atoms with E-state index in [1.165, 1.54) is 12.8 Å². The summed E-state index contributed by atoms with van der Waals surface area (Å²) in [6.45, 7) is 16.1. The van der Waals surface area contributed by atoms with Crippen molar-refractivity contribution < 1.29 is 9.47 Å². The van der Waals surface area contributed by atoms with Crippen LogP contribution in [0.5, 0.6) is 0 Å². The highest BCUT2D eigenvalue weighted by Crippen LogP contribution is 2.70. The Balaban J connectivity index is 2.30. The van der Waals surface area contributed by atoms with E-state index in [0.717, 1.165) is 31.7 Å². The molecule has 0 saturated carbocycles. The molecule has 0 amide bonds. The van der Waals surface area contributed by atoms with Crippen LogP contribution in [0.15, 0.2) is 0 Å². The molecule has 3 atom stereocenters. The minimum Gasteiger partial charge on any atom is -0.347 e. The highest BCUT2D eigenvalue weighted by atomic mass is 31.1. The van der Waals surface area contributed by atoms with Gasteiger partial charge in [0, 0.05) is 12.8 Å². The summed E-state index contributed by atoms with van der Waals surface area (Å²) in [5.41, 5.74) is 0.721. The first-order chi connectivity index (χ1) is 8.72. The molecule has 0 N–H and O–H groups in total. The molecule has 2 aliphatic heterocycles. The highest BCUT2D eigenvalue weighted by Gasteiger charge is 2.55. The Morgan fingerprint density at radius 1 is 1.21 bits per heavy atom. The van der Waals surface area contributed by atoms with Crippen LogP contribution in [0.2, 0.25) is 0 Å². The summed E-state index contributed by atoms with van der Waals surface area (Å²) in [4.78, 5) is 0. The van der Waals surface area contributed by atoms with Gasteiger partial charge in [-0.2, -0.15) is 0 Å². The molecule has 112 valence electrons. The first kappa shape index (κ1) is 15.7. The average molecular weight is 286 g/mol. The predicted octanol–water partition coefficient (Wildman–Crippen LogP) is 4.75. The van der Waals surface area contributed by atoms with Crippen LogP contribution in [0, 0.1) is 0 Å². The average Bonchev–Trinajstić information content (AvgIpc) is 2.61. The highest BCUT2D eigenvalue weighted by molar-refractivity contribution is 7.61. The van der Waals surface area contributed by atoms with Crippen molar-refractivity contribution in [1.82, 2.24) is 0 Å².